The Labute approximate surface area is 492 Å². The van der Waals surface area contributed by atoms with Gasteiger partial charge in [0.25, 0.3) is 0 Å². The third-order valence-electron chi connectivity index (χ3n) is 14.0. The van der Waals surface area contributed by atoms with Crippen molar-refractivity contribution in [2.75, 3.05) is 26.4 Å². The van der Waals surface area contributed by atoms with E-state index in [2.05, 4.69) is 141 Å². The van der Waals surface area contributed by atoms with Gasteiger partial charge in [0.1, 0.15) is 73.2 Å². The molecule has 3 aliphatic rings. The van der Waals surface area contributed by atoms with E-state index in [1.54, 1.807) is 6.08 Å². The van der Waals surface area contributed by atoms with Crippen molar-refractivity contribution in [1.82, 2.24) is 5.32 Å². The molecule has 3 rings (SSSR count). The summed E-state index contributed by atoms with van der Waals surface area (Å²) in [7, 11) is 0. The van der Waals surface area contributed by atoms with Gasteiger partial charge in [-0.3, -0.25) is 4.79 Å². The normalized spacial score (nSPS) is 30.3. The highest BCUT2D eigenvalue weighted by Crippen LogP contribution is 2.33. The fraction of sp³-hybridized carbons (Fsp3) is 0.641. The second kappa shape index (κ2) is 45.3. The number of ether oxygens (including phenoxy) is 6. The Hall–Kier alpha value is -4.07. The molecule has 3 aliphatic heterocycles. The Morgan fingerprint density at radius 2 is 0.819 bits per heavy atom. The lowest BCUT2D eigenvalue weighted by Gasteiger charge is -2.48. The number of unbranched alkanes of at least 4 members (excludes halogenated alkanes) is 5. The summed E-state index contributed by atoms with van der Waals surface area (Å²) in [5, 5.41) is 119. The summed E-state index contributed by atoms with van der Waals surface area (Å²) in [6, 6.07) is -1.00. The van der Waals surface area contributed by atoms with Crippen molar-refractivity contribution in [3.05, 3.63) is 134 Å². The second-order valence-corrected chi connectivity index (χ2v) is 20.7. The van der Waals surface area contributed by atoms with E-state index in [4.69, 9.17) is 28.4 Å². The molecule has 3 saturated heterocycles. The van der Waals surface area contributed by atoms with E-state index >= 15 is 0 Å². The number of nitrogens with one attached hydrogen (secondary N) is 1. The first-order chi connectivity index (χ1) is 40.3. The van der Waals surface area contributed by atoms with Crippen LogP contribution in [-0.2, 0) is 33.2 Å². The summed E-state index contributed by atoms with van der Waals surface area (Å²) in [5.74, 6) is -0.334. The standard InChI is InChI=1S/C64H101NO18/c1-3-5-7-9-10-11-12-13-14-15-16-17-18-19-20-21-22-23-24-25-26-27-28-29-30-31-32-33-34-35-36-38-40-42-52(70)65-47(48(69)41-39-37-8-6-4-2)46-78-62-58(76)55(73)60(50(44-67)80-62)83-64-59(77)56(74)61(51(45-68)81-64)82-63-57(75)54(72)53(71)49(43-66)79-63/h5,7,10-11,13-14,16-17,19-20,22-23,25-26,28-29,31-32,34-35,39,41,47-51,53-64,66-69,71-77H,3-4,6,8-9,12,15,18,21,24,27,30,33,36-38,40,42-46H2,1-2H3,(H,65,70)/b7-5-,11-10-,14-13-,17-16-,20-19-,23-22-,26-25-,29-28-,32-31-,35-34-,41-39+. The van der Waals surface area contributed by atoms with Gasteiger partial charge in [-0.15, -0.1) is 0 Å². The SMILES string of the molecule is CC/C=C\C/C=C\C/C=C\C/C=C\C/C=C\C/C=C\C/C=C\C/C=C\C/C=C\C/C=C\CCCCC(=O)NC(COC1OC(CO)C(OC2OC(CO)C(OC3OC(CO)C(O)C(O)C3O)C(O)C2O)C(O)C1O)C(O)/C=C/CCCCC. The van der Waals surface area contributed by atoms with Crippen LogP contribution in [0, 0.1) is 0 Å². The molecule has 17 unspecified atom stereocenters. The van der Waals surface area contributed by atoms with E-state index in [0.29, 0.717) is 12.8 Å². The highest BCUT2D eigenvalue weighted by molar-refractivity contribution is 5.76. The van der Waals surface area contributed by atoms with Crippen molar-refractivity contribution < 1.29 is 89.4 Å². The number of carbonyl (C=O) groups excluding carboxylic acids is 1. The molecule has 1 amide bonds. The second-order valence-electron chi connectivity index (χ2n) is 20.7. The number of hydrogen-bond acceptors (Lipinski definition) is 18. The van der Waals surface area contributed by atoms with Gasteiger partial charge in [0, 0.05) is 6.42 Å². The first kappa shape index (κ1) is 73.2. The zero-order valence-electron chi connectivity index (χ0n) is 48.9. The van der Waals surface area contributed by atoms with E-state index in [1.807, 2.05) is 6.08 Å². The Bertz CT molecular complexity index is 2030. The maximum absolute atomic E-state index is 13.2. The van der Waals surface area contributed by atoms with Crippen LogP contribution in [0.1, 0.15) is 129 Å². The first-order valence-electron chi connectivity index (χ1n) is 29.9. The average Bonchev–Trinajstić information content (AvgIpc) is 3.52. The van der Waals surface area contributed by atoms with Gasteiger partial charge in [-0.2, -0.15) is 0 Å². The lowest BCUT2D eigenvalue weighted by molar-refractivity contribution is -0.379. The molecule has 0 aromatic rings. The largest absolute Gasteiger partial charge is 0.394 e. The van der Waals surface area contributed by atoms with Gasteiger partial charge < -0.3 is 89.9 Å². The van der Waals surface area contributed by atoms with Crippen molar-refractivity contribution in [1.29, 1.82) is 0 Å². The quantitative estimate of drug-likeness (QED) is 0.0267. The fourth-order valence-electron chi connectivity index (χ4n) is 9.04. The minimum absolute atomic E-state index is 0.176. The molecule has 0 radical (unpaired) electrons. The maximum Gasteiger partial charge on any atom is 0.220 e. The summed E-state index contributed by atoms with van der Waals surface area (Å²) in [6.45, 7) is 1.39. The van der Waals surface area contributed by atoms with Gasteiger partial charge in [-0.05, 0) is 96.3 Å². The number of rotatable bonds is 41. The molecule has 0 bridgehead atoms. The van der Waals surface area contributed by atoms with Gasteiger partial charge in [0.15, 0.2) is 18.9 Å². The van der Waals surface area contributed by atoms with Crippen LogP contribution in [0.5, 0.6) is 0 Å². The van der Waals surface area contributed by atoms with Crippen LogP contribution in [0.2, 0.25) is 0 Å². The number of allylic oxidation sites excluding steroid dienone is 21. The molecular formula is C64H101NO18. The molecule has 0 saturated carbocycles. The fourth-order valence-corrected chi connectivity index (χ4v) is 9.04. The van der Waals surface area contributed by atoms with E-state index in [-0.39, 0.29) is 18.9 Å². The summed E-state index contributed by atoms with van der Waals surface area (Å²) >= 11 is 0. The van der Waals surface area contributed by atoms with E-state index in [9.17, 15) is 61.0 Å². The van der Waals surface area contributed by atoms with Crippen LogP contribution in [0.15, 0.2) is 134 Å². The number of hydrogen-bond donors (Lipinski definition) is 12. The van der Waals surface area contributed by atoms with Crippen LogP contribution >= 0.6 is 0 Å². The summed E-state index contributed by atoms with van der Waals surface area (Å²) in [6.07, 6.45) is 35.3. The summed E-state index contributed by atoms with van der Waals surface area (Å²) in [4.78, 5) is 13.2. The minimum Gasteiger partial charge on any atom is -0.394 e. The van der Waals surface area contributed by atoms with Crippen molar-refractivity contribution in [2.24, 2.45) is 0 Å². The van der Waals surface area contributed by atoms with Crippen LogP contribution < -0.4 is 5.32 Å². The third kappa shape index (κ3) is 28.8. The molecule has 0 spiro atoms. The molecule has 3 fully saturated rings. The molecule has 83 heavy (non-hydrogen) atoms. The summed E-state index contributed by atoms with van der Waals surface area (Å²) in [5.41, 5.74) is 0. The van der Waals surface area contributed by atoms with Crippen LogP contribution in [0.3, 0.4) is 0 Å². The average molecular weight is 1170 g/mol. The molecule has 12 N–H and O–H groups in total. The maximum atomic E-state index is 13.2. The van der Waals surface area contributed by atoms with Crippen LogP contribution in [0.4, 0.5) is 0 Å². The highest BCUT2D eigenvalue weighted by Gasteiger charge is 2.53. The van der Waals surface area contributed by atoms with Gasteiger partial charge in [-0.1, -0.05) is 160 Å². The first-order valence-corrected chi connectivity index (χ1v) is 29.9. The monoisotopic (exact) mass is 1170 g/mol. The molecule has 470 valence electrons. The van der Waals surface area contributed by atoms with Crippen LogP contribution in [-0.4, -0.2) is 193 Å². The topological polar surface area (TPSA) is 307 Å². The highest BCUT2D eigenvalue weighted by atomic mass is 16.8. The third-order valence-corrected chi connectivity index (χ3v) is 14.0. The molecule has 0 aromatic carbocycles. The van der Waals surface area contributed by atoms with Crippen LogP contribution in [0.25, 0.3) is 0 Å². The smallest absolute Gasteiger partial charge is 0.220 e. The minimum atomic E-state index is -1.99. The number of amides is 1. The van der Waals surface area contributed by atoms with Gasteiger partial charge in [0.2, 0.25) is 5.91 Å². The molecule has 19 nitrogen and oxygen atoms in total. The Balaban J connectivity index is 1.36. The van der Waals surface area contributed by atoms with Crippen molar-refractivity contribution in [3.63, 3.8) is 0 Å². The van der Waals surface area contributed by atoms with Gasteiger partial charge >= 0.3 is 0 Å². The van der Waals surface area contributed by atoms with Crippen molar-refractivity contribution in [2.45, 2.75) is 234 Å². The van der Waals surface area contributed by atoms with Crippen molar-refractivity contribution in [3.8, 4) is 0 Å². The number of aliphatic hydroxyl groups excluding tert-OH is 11. The molecular weight excluding hydrogens is 1070 g/mol. The Kier molecular flexibility index (Phi) is 39.9. The Morgan fingerprint density at radius 1 is 0.446 bits per heavy atom. The van der Waals surface area contributed by atoms with E-state index in [1.165, 1.54) is 0 Å². The lowest BCUT2D eigenvalue weighted by atomic mass is 9.96. The lowest BCUT2D eigenvalue weighted by Crippen LogP contribution is -2.66. The molecule has 0 aliphatic carbocycles. The predicted molar refractivity (Wildman–Crippen MR) is 318 cm³/mol. The summed E-state index contributed by atoms with van der Waals surface area (Å²) < 4.78 is 34.0. The Morgan fingerprint density at radius 3 is 1.25 bits per heavy atom. The van der Waals surface area contributed by atoms with Gasteiger partial charge in [-0.25, -0.2) is 0 Å². The molecule has 17 atom stereocenters. The molecule has 19 heteroatoms. The van der Waals surface area contributed by atoms with Gasteiger partial charge in [0.05, 0.1) is 38.6 Å². The molecule has 0 aromatic heterocycles. The van der Waals surface area contributed by atoms with E-state index in [0.717, 1.165) is 96.3 Å². The predicted octanol–water partition coefficient (Wildman–Crippen LogP) is 5.48. The van der Waals surface area contributed by atoms with Crippen molar-refractivity contribution >= 4 is 5.91 Å². The molecule has 3 heterocycles. The number of carbonyl (C=O) groups is 1. The number of aliphatic hydroxyl groups is 11. The zero-order chi connectivity index (χ0) is 60.5. The zero-order valence-corrected chi connectivity index (χ0v) is 48.9. The van der Waals surface area contributed by atoms with E-state index < -0.39 is 124 Å².